The van der Waals surface area contributed by atoms with Crippen molar-refractivity contribution in [3.63, 3.8) is 0 Å². The molecule has 0 spiro atoms. The molecule has 1 aliphatic rings. The summed E-state index contributed by atoms with van der Waals surface area (Å²) in [6, 6.07) is 0. The second kappa shape index (κ2) is 37.8. The molecule has 0 saturated carbocycles. The molecule has 0 bridgehead atoms. The number of unbranched alkanes of at least 4 members (excludes halogenated alkanes) is 17. The third kappa shape index (κ3) is 30.5. The van der Waals surface area contributed by atoms with E-state index in [9.17, 15) is 9.59 Å². The Bertz CT molecular complexity index is 905. The van der Waals surface area contributed by atoms with Gasteiger partial charge in [0.15, 0.2) is 5.79 Å². The van der Waals surface area contributed by atoms with E-state index in [1.165, 1.54) is 135 Å². The van der Waals surface area contributed by atoms with Crippen LogP contribution in [0.25, 0.3) is 0 Å². The van der Waals surface area contributed by atoms with Gasteiger partial charge >= 0.3 is 11.9 Å². The van der Waals surface area contributed by atoms with Gasteiger partial charge in [-0.05, 0) is 64.0 Å². The van der Waals surface area contributed by atoms with Crippen molar-refractivity contribution in [3.8, 4) is 0 Å². The zero-order chi connectivity index (χ0) is 41.7. The van der Waals surface area contributed by atoms with E-state index in [1.807, 2.05) is 0 Å². The van der Waals surface area contributed by atoms with Crippen molar-refractivity contribution in [1.29, 1.82) is 0 Å². The smallest absolute Gasteiger partial charge is 0.305 e. The quantitative estimate of drug-likeness (QED) is 0.0449. The van der Waals surface area contributed by atoms with E-state index in [4.69, 9.17) is 18.9 Å². The molecule has 0 aromatic heterocycles. The molecule has 3 atom stereocenters. The molecular weight excluding hydrogens is 711 g/mol. The summed E-state index contributed by atoms with van der Waals surface area (Å²) in [5, 5.41) is 0. The van der Waals surface area contributed by atoms with Crippen LogP contribution in [0.5, 0.6) is 0 Å². The van der Waals surface area contributed by atoms with Gasteiger partial charge in [0.2, 0.25) is 0 Å². The Morgan fingerprint density at radius 3 is 1.37 bits per heavy atom. The molecule has 338 valence electrons. The molecule has 0 N–H and O–H groups in total. The number of hydrogen-bond acceptors (Lipinski definition) is 7. The molecule has 1 aliphatic heterocycles. The lowest BCUT2D eigenvalue weighted by Gasteiger charge is -2.29. The first-order valence-electron chi connectivity index (χ1n) is 25.1. The fourth-order valence-corrected chi connectivity index (χ4v) is 8.54. The third-order valence-corrected chi connectivity index (χ3v) is 12.5. The summed E-state index contributed by atoms with van der Waals surface area (Å²) in [4.78, 5) is 27.1. The van der Waals surface area contributed by atoms with E-state index < -0.39 is 5.79 Å². The van der Waals surface area contributed by atoms with Crippen LogP contribution in [0.1, 0.15) is 247 Å². The van der Waals surface area contributed by atoms with Crippen LogP contribution in [-0.2, 0) is 28.5 Å². The van der Waals surface area contributed by atoms with Crippen molar-refractivity contribution >= 4 is 11.9 Å². The predicted molar refractivity (Wildman–Crippen MR) is 241 cm³/mol. The van der Waals surface area contributed by atoms with Crippen LogP contribution in [0.15, 0.2) is 0 Å². The van der Waals surface area contributed by atoms with E-state index in [0.29, 0.717) is 44.5 Å². The topological polar surface area (TPSA) is 74.3 Å². The van der Waals surface area contributed by atoms with Crippen LogP contribution in [0.2, 0.25) is 0 Å². The first-order chi connectivity index (χ1) is 27.8. The van der Waals surface area contributed by atoms with Gasteiger partial charge in [-0.1, -0.05) is 182 Å². The third-order valence-electron chi connectivity index (χ3n) is 12.5. The molecular formula is C50H97NO6. The van der Waals surface area contributed by atoms with Gasteiger partial charge in [0.05, 0.1) is 25.9 Å². The normalized spacial score (nSPS) is 17.5. The molecule has 7 heteroatoms. The van der Waals surface area contributed by atoms with Crippen LogP contribution >= 0.6 is 0 Å². The molecule has 1 fully saturated rings. The summed E-state index contributed by atoms with van der Waals surface area (Å²) < 4.78 is 24.5. The van der Waals surface area contributed by atoms with Crippen LogP contribution < -0.4 is 0 Å². The first kappa shape index (κ1) is 53.8. The number of rotatable bonds is 42. The Labute approximate surface area is 354 Å². The number of carbonyl (C=O) groups excluding carboxylic acids is 2. The van der Waals surface area contributed by atoms with E-state index in [0.717, 1.165) is 77.3 Å². The molecule has 0 amide bonds. The maximum atomic E-state index is 12.4. The summed E-state index contributed by atoms with van der Waals surface area (Å²) >= 11 is 0. The number of hydrogen-bond donors (Lipinski definition) is 0. The van der Waals surface area contributed by atoms with E-state index >= 15 is 0 Å². The van der Waals surface area contributed by atoms with Gasteiger partial charge in [-0.3, -0.25) is 9.59 Å². The maximum absolute atomic E-state index is 12.4. The Hall–Kier alpha value is -1.18. The van der Waals surface area contributed by atoms with E-state index in [-0.39, 0.29) is 18.0 Å². The Balaban J connectivity index is 2.26. The van der Waals surface area contributed by atoms with Crippen molar-refractivity contribution in [1.82, 2.24) is 4.90 Å². The standard InChI is InChI=1S/C50H97NO6/c1-7-12-24-32-45(31-15-10-4)37-41-54-48(52)35-27-20-16-18-22-29-39-50(56-44-47(57-50)43-51(6)11-5)40-30-23-19-17-21-28-36-49(53)55-42-38-46(33-25-13-8-2)34-26-14-9-3/h45-47H,7-44H2,1-6H3. The Morgan fingerprint density at radius 2 is 0.947 bits per heavy atom. The average molecular weight is 808 g/mol. The second-order valence-electron chi connectivity index (χ2n) is 17.9. The lowest BCUT2D eigenvalue weighted by atomic mass is 9.92. The number of carbonyl (C=O) groups is 2. The molecule has 0 radical (unpaired) electrons. The van der Waals surface area contributed by atoms with E-state index in [1.54, 1.807) is 0 Å². The largest absolute Gasteiger partial charge is 0.466 e. The number of likely N-dealkylation sites (N-methyl/N-ethyl adjacent to an activating group) is 1. The number of nitrogens with zero attached hydrogens (tertiary/aromatic N) is 1. The summed E-state index contributed by atoms with van der Waals surface area (Å²) in [5.41, 5.74) is 0. The highest BCUT2D eigenvalue weighted by molar-refractivity contribution is 5.69. The van der Waals surface area contributed by atoms with Crippen LogP contribution in [0, 0.1) is 11.8 Å². The van der Waals surface area contributed by atoms with Gasteiger partial charge in [0.1, 0.15) is 0 Å². The Kier molecular flexibility index (Phi) is 35.7. The predicted octanol–water partition coefficient (Wildman–Crippen LogP) is 14.3. The van der Waals surface area contributed by atoms with Crippen LogP contribution in [-0.4, -0.2) is 68.7 Å². The summed E-state index contributed by atoms with van der Waals surface area (Å²) in [7, 11) is 2.16. The van der Waals surface area contributed by atoms with Gasteiger partial charge in [0.25, 0.3) is 0 Å². The van der Waals surface area contributed by atoms with E-state index in [2.05, 4.69) is 46.6 Å². The molecule has 7 nitrogen and oxygen atoms in total. The van der Waals surface area contributed by atoms with Crippen LogP contribution in [0.4, 0.5) is 0 Å². The Morgan fingerprint density at radius 1 is 0.544 bits per heavy atom. The van der Waals surface area contributed by atoms with Gasteiger partial charge in [-0.25, -0.2) is 0 Å². The fraction of sp³-hybridized carbons (Fsp3) is 0.960. The molecule has 0 aromatic carbocycles. The summed E-state index contributed by atoms with van der Waals surface area (Å²) in [5.74, 6) is 0.958. The minimum Gasteiger partial charge on any atom is -0.466 e. The molecule has 1 rings (SSSR count). The van der Waals surface area contributed by atoms with Gasteiger partial charge in [0, 0.05) is 32.2 Å². The fourth-order valence-electron chi connectivity index (χ4n) is 8.54. The van der Waals surface area contributed by atoms with Gasteiger partial charge < -0.3 is 23.8 Å². The first-order valence-corrected chi connectivity index (χ1v) is 25.1. The average Bonchev–Trinajstić information content (AvgIpc) is 3.60. The molecule has 3 unspecified atom stereocenters. The molecule has 57 heavy (non-hydrogen) atoms. The SMILES string of the molecule is CCCCCC(CCCC)CCOC(=O)CCCCCCCCC1(CCCCCCCCC(=O)OCCC(CCCCC)CCCCC)OCC(CN(C)CC)O1. The van der Waals surface area contributed by atoms with Gasteiger partial charge in [-0.15, -0.1) is 0 Å². The lowest BCUT2D eigenvalue weighted by molar-refractivity contribution is -0.180. The van der Waals surface area contributed by atoms with Crippen LogP contribution in [0.3, 0.4) is 0 Å². The highest BCUT2D eigenvalue weighted by atomic mass is 16.7. The lowest BCUT2D eigenvalue weighted by Crippen LogP contribution is -2.34. The van der Waals surface area contributed by atoms with Crippen molar-refractivity contribution in [2.24, 2.45) is 11.8 Å². The molecule has 0 aliphatic carbocycles. The maximum Gasteiger partial charge on any atom is 0.305 e. The zero-order valence-corrected chi connectivity index (χ0v) is 39.0. The minimum absolute atomic E-state index is 0.00823. The highest BCUT2D eigenvalue weighted by Gasteiger charge is 2.40. The van der Waals surface area contributed by atoms with Gasteiger partial charge in [-0.2, -0.15) is 0 Å². The molecule has 1 saturated heterocycles. The number of esters is 2. The highest BCUT2D eigenvalue weighted by Crippen LogP contribution is 2.35. The zero-order valence-electron chi connectivity index (χ0n) is 39.0. The van der Waals surface area contributed by atoms with Crippen molar-refractivity contribution in [2.75, 3.05) is 40.0 Å². The molecule has 1 heterocycles. The van der Waals surface area contributed by atoms with Crippen molar-refractivity contribution < 1.29 is 28.5 Å². The second-order valence-corrected chi connectivity index (χ2v) is 17.9. The minimum atomic E-state index is -0.441. The van der Waals surface area contributed by atoms with Crippen molar-refractivity contribution in [2.45, 2.75) is 258 Å². The number of ether oxygens (including phenoxy) is 4. The summed E-state index contributed by atoms with van der Waals surface area (Å²) in [6.45, 7) is 15.1. The van der Waals surface area contributed by atoms with Crippen molar-refractivity contribution in [3.05, 3.63) is 0 Å². The molecule has 0 aromatic rings. The monoisotopic (exact) mass is 808 g/mol. The summed E-state index contributed by atoms with van der Waals surface area (Å²) in [6.07, 6.45) is 37.9.